The molecule has 1 aliphatic rings. The Labute approximate surface area is 133 Å². The summed E-state index contributed by atoms with van der Waals surface area (Å²) in [6, 6.07) is 8.03. The van der Waals surface area contributed by atoms with E-state index in [-0.39, 0.29) is 29.6 Å². The largest absolute Gasteiger partial charge is 0.497 e. The van der Waals surface area contributed by atoms with Gasteiger partial charge in [-0.25, -0.2) is 0 Å². The third-order valence-corrected chi connectivity index (χ3v) is 4.01. The fourth-order valence-electron chi connectivity index (χ4n) is 2.48. The minimum atomic E-state index is -0.0893. The molecule has 1 atom stereocenters. The second-order valence-corrected chi connectivity index (χ2v) is 6.02. The molecule has 1 unspecified atom stereocenters. The van der Waals surface area contributed by atoms with Crippen LogP contribution in [0.4, 0.5) is 0 Å². The number of amides is 1. The van der Waals surface area contributed by atoms with E-state index in [4.69, 9.17) is 4.74 Å². The van der Waals surface area contributed by atoms with Crippen molar-refractivity contribution in [3.8, 4) is 5.75 Å². The van der Waals surface area contributed by atoms with Crippen molar-refractivity contribution in [2.45, 2.75) is 25.7 Å². The summed E-state index contributed by atoms with van der Waals surface area (Å²) in [5.74, 6) is 1.14. The molecule has 5 heteroatoms. The molecular formula is C16H25ClN2O2. The van der Waals surface area contributed by atoms with Crippen LogP contribution in [0.1, 0.15) is 25.8 Å². The molecule has 1 heterocycles. The molecule has 1 amide bonds. The first-order valence-electron chi connectivity index (χ1n) is 7.16. The van der Waals surface area contributed by atoms with E-state index in [1.54, 1.807) is 7.11 Å². The van der Waals surface area contributed by atoms with E-state index in [1.807, 2.05) is 12.1 Å². The third kappa shape index (κ3) is 4.61. The van der Waals surface area contributed by atoms with Crippen molar-refractivity contribution < 1.29 is 9.53 Å². The number of methoxy groups -OCH3 is 1. The molecule has 1 saturated heterocycles. The molecule has 0 aliphatic carbocycles. The summed E-state index contributed by atoms with van der Waals surface area (Å²) in [6.07, 6.45) is 0.939. The molecule has 1 aliphatic heterocycles. The SMILES string of the molecule is COc1ccc(C(C)(C)CNC(=O)C2CCNC2)cc1.Cl. The molecular weight excluding hydrogens is 288 g/mol. The van der Waals surface area contributed by atoms with Crippen LogP contribution in [0.2, 0.25) is 0 Å². The highest BCUT2D eigenvalue weighted by molar-refractivity contribution is 5.85. The van der Waals surface area contributed by atoms with Gasteiger partial charge < -0.3 is 15.4 Å². The number of ether oxygens (including phenoxy) is 1. The summed E-state index contributed by atoms with van der Waals surface area (Å²) in [5, 5.41) is 6.30. The quantitative estimate of drug-likeness (QED) is 0.875. The molecule has 2 rings (SSSR count). The number of hydrogen-bond donors (Lipinski definition) is 2. The van der Waals surface area contributed by atoms with Crippen molar-refractivity contribution in [2.24, 2.45) is 5.92 Å². The molecule has 21 heavy (non-hydrogen) atoms. The van der Waals surface area contributed by atoms with Crippen LogP contribution in [-0.2, 0) is 10.2 Å². The Morgan fingerprint density at radius 2 is 2.05 bits per heavy atom. The third-order valence-electron chi connectivity index (χ3n) is 4.01. The van der Waals surface area contributed by atoms with E-state index in [0.29, 0.717) is 6.54 Å². The van der Waals surface area contributed by atoms with Crippen molar-refractivity contribution in [1.29, 1.82) is 0 Å². The van der Waals surface area contributed by atoms with Crippen molar-refractivity contribution >= 4 is 18.3 Å². The zero-order valence-corrected chi connectivity index (χ0v) is 13.8. The predicted molar refractivity (Wildman–Crippen MR) is 87.3 cm³/mol. The lowest BCUT2D eigenvalue weighted by Gasteiger charge is -2.26. The highest BCUT2D eigenvalue weighted by Gasteiger charge is 2.26. The second kappa shape index (κ2) is 7.66. The van der Waals surface area contributed by atoms with E-state index < -0.39 is 0 Å². The fourth-order valence-corrected chi connectivity index (χ4v) is 2.48. The van der Waals surface area contributed by atoms with Crippen molar-refractivity contribution in [2.75, 3.05) is 26.7 Å². The summed E-state index contributed by atoms with van der Waals surface area (Å²) in [7, 11) is 1.66. The Kier molecular flexibility index (Phi) is 6.49. The van der Waals surface area contributed by atoms with Gasteiger partial charge in [0.05, 0.1) is 13.0 Å². The van der Waals surface area contributed by atoms with Gasteiger partial charge in [0.1, 0.15) is 5.75 Å². The maximum atomic E-state index is 12.1. The summed E-state index contributed by atoms with van der Waals surface area (Å²) in [5.41, 5.74) is 1.11. The van der Waals surface area contributed by atoms with Gasteiger partial charge in [-0.05, 0) is 30.7 Å². The molecule has 0 saturated carbocycles. The molecule has 1 aromatic rings. The first-order chi connectivity index (χ1) is 9.53. The highest BCUT2D eigenvalue weighted by Crippen LogP contribution is 2.24. The van der Waals surface area contributed by atoms with Crippen LogP contribution in [0, 0.1) is 5.92 Å². The average Bonchev–Trinajstić information content (AvgIpc) is 2.99. The lowest BCUT2D eigenvalue weighted by molar-refractivity contribution is -0.124. The van der Waals surface area contributed by atoms with E-state index >= 15 is 0 Å². The zero-order chi connectivity index (χ0) is 14.6. The highest BCUT2D eigenvalue weighted by atomic mass is 35.5. The van der Waals surface area contributed by atoms with Gasteiger partial charge in [-0.3, -0.25) is 4.79 Å². The van der Waals surface area contributed by atoms with Crippen LogP contribution >= 0.6 is 12.4 Å². The zero-order valence-electron chi connectivity index (χ0n) is 12.9. The van der Waals surface area contributed by atoms with Gasteiger partial charge in [0, 0.05) is 18.5 Å². The predicted octanol–water partition coefficient (Wildman–Crippen LogP) is 2.12. The Morgan fingerprint density at radius 1 is 1.38 bits per heavy atom. The summed E-state index contributed by atoms with van der Waals surface area (Å²) < 4.78 is 5.17. The smallest absolute Gasteiger partial charge is 0.224 e. The Balaban J connectivity index is 0.00000220. The first-order valence-corrected chi connectivity index (χ1v) is 7.16. The number of carbonyl (C=O) groups excluding carboxylic acids is 1. The van der Waals surface area contributed by atoms with Gasteiger partial charge >= 0.3 is 0 Å². The maximum absolute atomic E-state index is 12.1. The maximum Gasteiger partial charge on any atom is 0.224 e. The first kappa shape index (κ1) is 17.8. The lowest BCUT2D eigenvalue weighted by atomic mass is 9.84. The van der Waals surface area contributed by atoms with Crippen LogP contribution in [-0.4, -0.2) is 32.7 Å². The standard InChI is InChI=1S/C16H24N2O2.ClH/c1-16(2,13-4-6-14(20-3)7-5-13)11-18-15(19)12-8-9-17-10-12;/h4-7,12,17H,8-11H2,1-3H3,(H,18,19);1H. The van der Waals surface area contributed by atoms with Gasteiger partial charge in [-0.1, -0.05) is 26.0 Å². The second-order valence-electron chi connectivity index (χ2n) is 6.02. The normalized spacial score (nSPS) is 18.0. The number of hydrogen-bond acceptors (Lipinski definition) is 3. The number of nitrogens with one attached hydrogen (secondary N) is 2. The van der Waals surface area contributed by atoms with E-state index in [2.05, 4.69) is 36.6 Å². The monoisotopic (exact) mass is 312 g/mol. The van der Waals surface area contributed by atoms with Crippen molar-refractivity contribution in [3.05, 3.63) is 29.8 Å². The van der Waals surface area contributed by atoms with Gasteiger partial charge in [-0.2, -0.15) is 0 Å². The molecule has 0 radical (unpaired) electrons. The molecule has 0 spiro atoms. The van der Waals surface area contributed by atoms with Gasteiger partial charge in [-0.15, -0.1) is 12.4 Å². The summed E-state index contributed by atoms with van der Waals surface area (Å²) in [4.78, 5) is 12.1. The molecule has 1 fully saturated rings. The molecule has 4 nitrogen and oxygen atoms in total. The van der Waals surface area contributed by atoms with E-state index in [9.17, 15) is 4.79 Å². The van der Waals surface area contributed by atoms with Gasteiger partial charge in [0.15, 0.2) is 0 Å². The average molecular weight is 313 g/mol. The van der Waals surface area contributed by atoms with Crippen LogP contribution in [0.15, 0.2) is 24.3 Å². The summed E-state index contributed by atoms with van der Waals surface area (Å²) in [6.45, 7) is 6.67. The van der Waals surface area contributed by atoms with Crippen LogP contribution < -0.4 is 15.4 Å². The van der Waals surface area contributed by atoms with Crippen LogP contribution in [0.25, 0.3) is 0 Å². The van der Waals surface area contributed by atoms with Crippen LogP contribution in [0.3, 0.4) is 0 Å². The minimum absolute atomic E-state index is 0. The molecule has 1 aromatic carbocycles. The van der Waals surface area contributed by atoms with E-state index in [0.717, 1.165) is 25.3 Å². The van der Waals surface area contributed by atoms with Gasteiger partial charge in [0.2, 0.25) is 5.91 Å². The van der Waals surface area contributed by atoms with Crippen molar-refractivity contribution in [3.63, 3.8) is 0 Å². The number of benzene rings is 1. The topological polar surface area (TPSA) is 50.4 Å². The molecule has 0 bridgehead atoms. The Morgan fingerprint density at radius 3 is 2.57 bits per heavy atom. The number of carbonyl (C=O) groups is 1. The van der Waals surface area contributed by atoms with E-state index in [1.165, 1.54) is 5.56 Å². The van der Waals surface area contributed by atoms with Crippen LogP contribution in [0.5, 0.6) is 5.75 Å². The van der Waals surface area contributed by atoms with Gasteiger partial charge in [0.25, 0.3) is 0 Å². The molecule has 0 aromatic heterocycles. The fraction of sp³-hybridized carbons (Fsp3) is 0.562. The molecule has 118 valence electrons. The Bertz CT molecular complexity index is 454. The summed E-state index contributed by atoms with van der Waals surface area (Å²) >= 11 is 0. The Hall–Kier alpha value is -1.26. The molecule has 2 N–H and O–H groups in total. The number of halogens is 1. The number of rotatable bonds is 5. The van der Waals surface area contributed by atoms with Crippen molar-refractivity contribution in [1.82, 2.24) is 10.6 Å². The lowest BCUT2D eigenvalue weighted by Crippen LogP contribution is -2.40. The minimum Gasteiger partial charge on any atom is -0.497 e.